The van der Waals surface area contributed by atoms with Crippen molar-refractivity contribution in [2.45, 2.75) is 25.7 Å². The Bertz CT molecular complexity index is 457. The molecule has 1 atom stereocenters. The zero-order valence-corrected chi connectivity index (χ0v) is 11.0. The quantitative estimate of drug-likeness (QED) is 0.909. The highest BCUT2D eigenvalue weighted by molar-refractivity contribution is 9.10. The third kappa shape index (κ3) is 4.84. The molecule has 1 rings (SSSR count). The maximum atomic E-state index is 12.0. The second-order valence-corrected chi connectivity index (χ2v) is 4.45. The molecular formula is C11H10BrF3N2O. The normalized spacial score (nSPS) is 12.7. The highest BCUT2D eigenvalue weighted by Gasteiger charge is 2.31. The zero-order chi connectivity index (χ0) is 13.8. The van der Waals surface area contributed by atoms with E-state index in [-0.39, 0.29) is 16.3 Å². The molecule has 1 aromatic carbocycles. The van der Waals surface area contributed by atoms with Crippen LogP contribution in [0.3, 0.4) is 0 Å². The van der Waals surface area contributed by atoms with Gasteiger partial charge in [-0.05, 0) is 41.1 Å². The molecule has 3 nitrogen and oxygen atoms in total. The van der Waals surface area contributed by atoms with Gasteiger partial charge in [0.2, 0.25) is 0 Å². The number of nitrogens with zero attached hydrogens (tertiary/aromatic N) is 1. The Hall–Kier alpha value is -1.42. The molecular weight excluding hydrogens is 313 g/mol. The summed E-state index contributed by atoms with van der Waals surface area (Å²) in [7, 11) is 0. The topological polar surface area (TPSA) is 45.0 Å². The van der Waals surface area contributed by atoms with Crippen molar-refractivity contribution in [1.82, 2.24) is 0 Å². The fourth-order valence-corrected chi connectivity index (χ4v) is 1.73. The lowest BCUT2D eigenvalue weighted by Crippen LogP contribution is -2.18. The van der Waals surface area contributed by atoms with Gasteiger partial charge in [-0.1, -0.05) is 0 Å². The number of nitrogens with one attached hydrogen (secondary N) is 1. The first-order valence-corrected chi connectivity index (χ1v) is 5.80. The second-order valence-electron chi connectivity index (χ2n) is 3.60. The van der Waals surface area contributed by atoms with Crippen LogP contribution in [-0.2, 0) is 0 Å². The van der Waals surface area contributed by atoms with Gasteiger partial charge in [-0.15, -0.1) is 13.2 Å². The molecule has 1 unspecified atom stereocenters. The van der Waals surface area contributed by atoms with Crippen LogP contribution in [0.25, 0.3) is 0 Å². The standard InChI is InChI=1S/C11H10BrF3N2O/c1-7(4-5-16)17-8-2-3-10(9(12)6-8)18-11(13,14)15/h2-3,6-7,17H,4H2,1H3. The number of hydrogen-bond acceptors (Lipinski definition) is 3. The Kier molecular flexibility index (Phi) is 4.84. The van der Waals surface area contributed by atoms with Gasteiger partial charge in [0.1, 0.15) is 5.75 Å². The molecule has 1 aromatic rings. The molecule has 0 heterocycles. The van der Waals surface area contributed by atoms with Crippen LogP contribution in [0, 0.1) is 11.3 Å². The van der Waals surface area contributed by atoms with E-state index in [0.29, 0.717) is 12.1 Å². The molecule has 0 spiro atoms. The second kappa shape index (κ2) is 5.96. The van der Waals surface area contributed by atoms with Crippen molar-refractivity contribution in [1.29, 1.82) is 5.26 Å². The minimum absolute atomic E-state index is 0.0868. The Morgan fingerprint density at radius 2 is 2.17 bits per heavy atom. The Balaban J connectivity index is 2.77. The van der Waals surface area contributed by atoms with Crippen LogP contribution in [0.15, 0.2) is 22.7 Å². The molecule has 98 valence electrons. The first-order chi connectivity index (χ1) is 8.31. The van der Waals surface area contributed by atoms with Crippen LogP contribution in [0.4, 0.5) is 18.9 Å². The molecule has 0 bridgehead atoms. The Labute approximate surface area is 111 Å². The maximum absolute atomic E-state index is 12.0. The van der Waals surface area contributed by atoms with Crippen molar-refractivity contribution in [3.63, 3.8) is 0 Å². The summed E-state index contributed by atoms with van der Waals surface area (Å²) in [4.78, 5) is 0. The molecule has 0 aliphatic heterocycles. The summed E-state index contributed by atoms with van der Waals surface area (Å²) in [6, 6.07) is 6.04. The SMILES string of the molecule is CC(CC#N)Nc1ccc(OC(F)(F)F)c(Br)c1. The third-order valence-corrected chi connectivity index (χ3v) is 2.59. The van der Waals surface area contributed by atoms with Crippen molar-refractivity contribution in [2.75, 3.05) is 5.32 Å². The summed E-state index contributed by atoms with van der Waals surface area (Å²) in [5, 5.41) is 11.5. The molecule has 0 aliphatic rings. The zero-order valence-electron chi connectivity index (χ0n) is 9.38. The summed E-state index contributed by atoms with van der Waals surface area (Å²) in [5.74, 6) is -0.305. The lowest BCUT2D eigenvalue weighted by Gasteiger charge is -2.14. The van der Waals surface area contributed by atoms with E-state index in [1.807, 2.05) is 6.07 Å². The third-order valence-electron chi connectivity index (χ3n) is 1.97. The number of alkyl halides is 3. The monoisotopic (exact) mass is 322 g/mol. The van der Waals surface area contributed by atoms with E-state index in [1.54, 1.807) is 6.92 Å². The smallest absolute Gasteiger partial charge is 0.405 e. The summed E-state index contributed by atoms with van der Waals surface area (Å²) in [5.41, 5.74) is 0.610. The number of nitriles is 1. The molecule has 18 heavy (non-hydrogen) atoms. The number of anilines is 1. The largest absolute Gasteiger partial charge is 0.573 e. The van der Waals surface area contributed by atoms with Gasteiger partial charge in [0.15, 0.2) is 0 Å². The molecule has 0 fully saturated rings. The Morgan fingerprint density at radius 1 is 1.50 bits per heavy atom. The van der Waals surface area contributed by atoms with Gasteiger partial charge in [-0.2, -0.15) is 5.26 Å². The maximum Gasteiger partial charge on any atom is 0.573 e. The summed E-state index contributed by atoms with van der Waals surface area (Å²) >= 11 is 3.00. The van der Waals surface area contributed by atoms with Gasteiger partial charge in [-0.3, -0.25) is 0 Å². The lowest BCUT2D eigenvalue weighted by molar-refractivity contribution is -0.274. The highest BCUT2D eigenvalue weighted by atomic mass is 79.9. The first-order valence-electron chi connectivity index (χ1n) is 5.00. The minimum atomic E-state index is -4.72. The van der Waals surface area contributed by atoms with Crippen molar-refractivity contribution < 1.29 is 17.9 Å². The average Bonchev–Trinajstić information content (AvgIpc) is 2.21. The van der Waals surface area contributed by atoms with Crippen LogP contribution in [0.1, 0.15) is 13.3 Å². The van der Waals surface area contributed by atoms with Gasteiger partial charge in [0, 0.05) is 11.7 Å². The fourth-order valence-electron chi connectivity index (χ4n) is 1.27. The molecule has 0 saturated heterocycles. The number of halogens is 4. The van der Waals surface area contributed by atoms with Gasteiger partial charge < -0.3 is 10.1 Å². The predicted molar refractivity (Wildman–Crippen MR) is 64.1 cm³/mol. The molecule has 0 radical (unpaired) electrons. The number of rotatable bonds is 4. The van der Waals surface area contributed by atoms with E-state index in [2.05, 4.69) is 26.0 Å². The van der Waals surface area contributed by atoms with Crippen molar-refractivity contribution >= 4 is 21.6 Å². The van der Waals surface area contributed by atoms with E-state index in [9.17, 15) is 13.2 Å². The predicted octanol–water partition coefficient (Wildman–Crippen LogP) is 4.06. The van der Waals surface area contributed by atoms with Crippen LogP contribution >= 0.6 is 15.9 Å². The van der Waals surface area contributed by atoms with E-state index in [1.165, 1.54) is 18.2 Å². The lowest BCUT2D eigenvalue weighted by atomic mass is 10.2. The first kappa shape index (κ1) is 14.6. The van der Waals surface area contributed by atoms with Crippen LogP contribution in [0.2, 0.25) is 0 Å². The van der Waals surface area contributed by atoms with Gasteiger partial charge in [-0.25, -0.2) is 0 Å². The summed E-state index contributed by atoms with van der Waals surface area (Å²) < 4.78 is 40.1. The molecule has 0 amide bonds. The number of ether oxygens (including phenoxy) is 1. The average molecular weight is 323 g/mol. The van der Waals surface area contributed by atoms with Gasteiger partial charge in [0.25, 0.3) is 0 Å². The van der Waals surface area contributed by atoms with Gasteiger partial charge >= 0.3 is 6.36 Å². The molecule has 0 aliphatic carbocycles. The van der Waals surface area contributed by atoms with E-state index in [4.69, 9.17) is 5.26 Å². The number of benzene rings is 1. The highest BCUT2D eigenvalue weighted by Crippen LogP contribution is 2.32. The Morgan fingerprint density at radius 3 is 2.67 bits per heavy atom. The number of hydrogen-bond donors (Lipinski definition) is 1. The van der Waals surface area contributed by atoms with Crippen LogP contribution < -0.4 is 10.1 Å². The summed E-state index contributed by atoms with van der Waals surface area (Å²) in [6.07, 6.45) is -4.41. The molecule has 0 saturated carbocycles. The molecule has 1 N–H and O–H groups in total. The minimum Gasteiger partial charge on any atom is -0.405 e. The fraction of sp³-hybridized carbons (Fsp3) is 0.364. The van der Waals surface area contributed by atoms with Crippen molar-refractivity contribution in [3.05, 3.63) is 22.7 Å². The van der Waals surface area contributed by atoms with Crippen LogP contribution in [0.5, 0.6) is 5.75 Å². The molecule has 7 heteroatoms. The van der Waals surface area contributed by atoms with E-state index < -0.39 is 6.36 Å². The molecule has 0 aromatic heterocycles. The van der Waals surface area contributed by atoms with E-state index >= 15 is 0 Å². The van der Waals surface area contributed by atoms with Gasteiger partial charge in [0.05, 0.1) is 17.0 Å². The van der Waals surface area contributed by atoms with Crippen molar-refractivity contribution in [2.24, 2.45) is 0 Å². The van der Waals surface area contributed by atoms with Crippen LogP contribution in [-0.4, -0.2) is 12.4 Å². The summed E-state index contributed by atoms with van der Waals surface area (Å²) in [6.45, 7) is 1.80. The van der Waals surface area contributed by atoms with E-state index in [0.717, 1.165) is 0 Å². The van der Waals surface area contributed by atoms with Crippen molar-refractivity contribution in [3.8, 4) is 11.8 Å².